The Morgan fingerprint density at radius 2 is 1.80 bits per heavy atom. The van der Waals surface area contributed by atoms with Crippen LogP contribution in [0.2, 0.25) is 0 Å². The maximum atomic E-state index is 10.7. The minimum absolute atomic E-state index is 0.107. The summed E-state index contributed by atoms with van der Waals surface area (Å²) in [4.78, 5) is 10.7. The second-order valence-electron chi connectivity index (χ2n) is 1.63. The third-order valence-corrected chi connectivity index (χ3v) is 2.93. The molecule has 0 atom stereocenters. The van der Waals surface area contributed by atoms with Gasteiger partial charge in [0.05, 0.1) is 22.9 Å². The van der Waals surface area contributed by atoms with Gasteiger partial charge in [0.15, 0.2) is 0 Å². The normalized spacial score (nSPS) is 10.1. The minimum Gasteiger partial charge on any atom is -0.284 e. The molecule has 1 amide bonds. The molecule has 0 aliphatic carbocycles. The van der Waals surface area contributed by atoms with Crippen molar-refractivity contribution in [3.05, 3.63) is 0 Å². The monoisotopic (exact) mass is 480 g/mol. The van der Waals surface area contributed by atoms with Crippen LogP contribution in [0, 0.1) is 0 Å². The molecule has 0 N–H and O–H groups in total. The molecule has 0 saturated heterocycles. The lowest BCUT2D eigenvalue weighted by molar-refractivity contribution is -0.122. The van der Waals surface area contributed by atoms with Crippen LogP contribution in [-0.2, 0) is 4.79 Å². The van der Waals surface area contributed by atoms with Crippen molar-refractivity contribution < 1.29 is 4.79 Å². The molecule has 0 aromatic rings. The van der Waals surface area contributed by atoms with Gasteiger partial charge in [0.25, 0.3) is 0 Å². The Hall–Kier alpha value is 1.62. The van der Waals surface area contributed by atoms with E-state index in [1.165, 1.54) is 0 Å². The molecule has 0 bridgehead atoms. The van der Waals surface area contributed by atoms with Gasteiger partial charge in [0.1, 0.15) is 0 Å². The summed E-state index contributed by atoms with van der Waals surface area (Å²) in [7, 11) is 0. The highest BCUT2D eigenvalue weighted by molar-refractivity contribution is 14.2. The van der Waals surface area contributed by atoms with Crippen LogP contribution >= 0.6 is 68.6 Å². The van der Waals surface area contributed by atoms with Crippen LogP contribution in [0.1, 0.15) is 6.92 Å². The Bertz CT molecular complexity index is 119. The molecule has 0 spiro atoms. The summed E-state index contributed by atoms with van der Waals surface area (Å²) < 4.78 is 3.66. The summed E-state index contributed by atoms with van der Waals surface area (Å²) in [5, 5.41) is 0. The van der Waals surface area contributed by atoms with Crippen LogP contribution in [0.3, 0.4) is 0 Å². The zero-order valence-electron chi connectivity index (χ0n) is 5.35. The van der Waals surface area contributed by atoms with Crippen molar-refractivity contribution in [1.29, 1.82) is 0 Å². The van der Waals surface area contributed by atoms with E-state index < -0.39 is 0 Å². The van der Waals surface area contributed by atoms with Gasteiger partial charge >= 0.3 is 0 Å². The minimum atomic E-state index is 0.107. The van der Waals surface area contributed by atoms with Crippen molar-refractivity contribution in [3.63, 3.8) is 0 Å². The third kappa shape index (κ3) is 6.34. The van der Waals surface area contributed by atoms with Crippen molar-refractivity contribution in [2.75, 3.05) is 13.1 Å². The number of halogens is 3. The van der Waals surface area contributed by atoms with E-state index in [2.05, 4.69) is 45.7 Å². The van der Waals surface area contributed by atoms with E-state index in [-0.39, 0.29) is 5.91 Å². The van der Waals surface area contributed by atoms with Crippen LogP contribution < -0.4 is 0 Å². The first kappa shape index (κ1) is 11.6. The van der Waals surface area contributed by atoms with Crippen molar-refractivity contribution in [2.24, 2.45) is 0 Å². The molecular weight excluding hydrogens is 473 g/mol. The number of hydrogen-bond donors (Lipinski definition) is 0. The standard InChI is InChI=1S/C4H7I3N2O/c1-4(10)8(5)2-3-9(6)7/h2-3H2,1H3. The molecule has 0 radical (unpaired) electrons. The van der Waals surface area contributed by atoms with Gasteiger partial charge < -0.3 is 0 Å². The van der Waals surface area contributed by atoms with Crippen LogP contribution in [-0.4, -0.2) is 23.4 Å². The van der Waals surface area contributed by atoms with Gasteiger partial charge in [-0.05, 0) is 0 Å². The number of rotatable bonds is 3. The average Bonchev–Trinajstić information content (AvgIpc) is 1.82. The summed E-state index contributed by atoms with van der Waals surface area (Å²) in [5.74, 6) is 0.107. The Balaban J connectivity index is 3.40. The fourth-order valence-electron chi connectivity index (χ4n) is 0.321. The molecule has 0 saturated carbocycles. The molecule has 0 fully saturated rings. The molecule has 0 unspecified atom stereocenters. The highest BCUT2D eigenvalue weighted by Gasteiger charge is 2.03. The lowest BCUT2D eigenvalue weighted by Crippen LogP contribution is -2.23. The summed E-state index contributed by atoms with van der Waals surface area (Å²) in [6.45, 7) is 3.24. The van der Waals surface area contributed by atoms with E-state index in [0.717, 1.165) is 13.1 Å². The van der Waals surface area contributed by atoms with Gasteiger partial charge in [-0.25, -0.2) is 0 Å². The average molecular weight is 480 g/mol. The molecular formula is C4H7I3N2O. The molecule has 0 heterocycles. The quantitative estimate of drug-likeness (QED) is 0.458. The van der Waals surface area contributed by atoms with Gasteiger partial charge in [-0.15, -0.1) is 0 Å². The van der Waals surface area contributed by atoms with Crippen molar-refractivity contribution in [2.45, 2.75) is 6.92 Å². The maximum absolute atomic E-state index is 10.7. The van der Waals surface area contributed by atoms with E-state index >= 15 is 0 Å². The molecule has 0 aliphatic heterocycles. The highest BCUT2D eigenvalue weighted by Crippen LogP contribution is 2.08. The molecule has 0 aliphatic rings. The van der Waals surface area contributed by atoms with Gasteiger partial charge in [-0.2, -0.15) is 1.33 Å². The van der Waals surface area contributed by atoms with E-state index in [9.17, 15) is 4.79 Å². The topological polar surface area (TPSA) is 23.6 Å². The predicted molar refractivity (Wildman–Crippen MR) is 66.2 cm³/mol. The van der Waals surface area contributed by atoms with E-state index in [4.69, 9.17) is 0 Å². The van der Waals surface area contributed by atoms with E-state index in [1.54, 1.807) is 10.0 Å². The summed E-state index contributed by atoms with van der Waals surface area (Å²) in [6, 6.07) is 0. The van der Waals surface area contributed by atoms with Crippen LogP contribution in [0.4, 0.5) is 0 Å². The van der Waals surface area contributed by atoms with Crippen molar-refractivity contribution in [1.82, 2.24) is 4.44 Å². The zero-order valence-corrected chi connectivity index (χ0v) is 11.8. The highest BCUT2D eigenvalue weighted by atomic mass is 127. The fourth-order valence-corrected chi connectivity index (χ4v) is 0.968. The van der Waals surface area contributed by atoms with Gasteiger partial charge in [0, 0.05) is 65.7 Å². The number of nitrogens with zero attached hydrogens (tertiary/aromatic N) is 2. The Morgan fingerprint density at radius 3 is 2.10 bits per heavy atom. The largest absolute Gasteiger partial charge is 0.284 e. The zero-order chi connectivity index (χ0) is 8.15. The van der Waals surface area contributed by atoms with Crippen molar-refractivity contribution >= 4 is 74.5 Å². The van der Waals surface area contributed by atoms with Crippen LogP contribution in [0.25, 0.3) is 0 Å². The number of hydrogen-bond acceptors (Lipinski definition) is 2. The first-order chi connectivity index (χ1) is 4.54. The predicted octanol–water partition coefficient (Wildman–Crippen LogP) is 2.19. The lowest BCUT2D eigenvalue weighted by Gasteiger charge is -2.12. The second kappa shape index (κ2) is 6.17. The van der Waals surface area contributed by atoms with E-state index in [0.29, 0.717) is 0 Å². The molecule has 10 heavy (non-hydrogen) atoms. The first-order valence-corrected chi connectivity index (χ1v) is 5.46. The molecule has 0 aromatic carbocycles. The summed E-state index contributed by atoms with van der Waals surface area (Å²) in [5.41, 5.74) is 0. The smallest absolute Gasteiger partial charge is 0.228 e. The lowest BCUT2D eigenvalue weighted by atomic mass is 10.6. The van der Waals surface area contributed by atoms with Gasteiger partial charge in [-0.1, -0.05) is 0 Å². The molecule has 6 heteroatoms. The molecule has 0 rings (SSSR count). The van der Waals surface area contributed by atoms with Gasteiger partial charge in [-0.3, -0.25) is 7.91 Å². The number of amides is 1. The third-order valence-electron chi connectivity index (χ3n) is 0.807. The van der Waals surface area contributed by atoms with Crippen molar-refractivity contribution in [3.8, 4) is 0 Å². The summed E-state index contributed by atoms with van der Waals surface area (Å²) in [6.07, 6.45) is 0. The molecule has 0 aromatic heterocycles. The molecule has 60 valence electrons. The van der Waals surface area contributed by atoms with E-state index in [1.807, 2.05) is 24.2 Å². The first-order valence-electron chi connectivity index (χ1n) is 2.57. The number of carbonyl (C=O) groups is 1. The van der Waals surface area contributed by atoms with Gasteiger partial charge in [0.2, 0.25) is 5.91 Å². The van der Waals surface area contributed by atoms with Crippen LogP contribution in [0.5, 0.6) is 0 Å². The summed E-state index contributed by atoms with van der Waals surface area (Å²) >= 11 is 6.37. The number of carbonyl (C=O) groups excluding carboxylic acids is 1. The second-order valence-corrected chi connectivity index (χ2v) is 6.97. The Labute approximate surface area is 102 Å². The fraction of sp³-hybridized carbons (Fsp3) is 0.750. The Kier molecular flexibility index (Phi) is 7.17. The Morgan fingerprint density at radius 1 is 1.30 bits per heavy atom. The van der Waals surface area contributed by atoms with Crippen LogP contribution in [0.15, 0.2) is 0 Å². The maximum Gasteiger partial charge on any atom is 0.228 e. The SMILES string of the molecule is CC(=O)N(I)CCN(I)I. The molecule has 3 nitrogen and oxygen atoms in total.